The van der Waals surface area contributed by atoms with Gasteiger partial charge < -0.3 is 9.88 Å². The van der Waals surface area contributed by atoms with Gasteiger partial charge in [-0.25, -0.2) is 0 Å². The standard InChI is InChI=1S/C16H21N3O2S2/c1-2-11-9-12-14(23-11)17-16(22)19(15(12)21)10-13(20)18-7-5-3-4-6-8-18/h9H,2-8,10H2,1H3,(H,17,22). The molecular weight excluding hydrogens is 330 g/mol. The summed E-state index contributed by atoms with van der Waals surface area (Å²) in [5.74, 6) is -0.0150. The molecule has 1 fully saturated rings. The Morgan fingerprint density at radius 1 is 1.30 bits per heavy atom. The number of H-pyrrole nitrogens is 1. The zero-order chi connectivity index (χ0) is 16.4. The molecule has 0 saturated carbocycles. The van der Waals surface area contributed by atoms with Crippen LogP contribution in [0.3, 0.4) is 0 Å². The van der Waals surface area contributed by atoms with Gasteiger partial charge in [0.2, 0.25) is 5.91 Å². The lowest BCUT2D eigenvalue weighted by atomic mass is 10.2. The van der Waals surface area contributed by atoms with Crippen LogP contribution in [0.2, 0.25) is 0 Å². The van der Waals surface area contributed by atoms with Crippen molar-refractivity contribution in [3.63, 3.8) is 0 Å². The summed E-state index contributed by atoms with van der Waals surface area (Å²) < 4.78 is 1.73. The maximum atomic E-state index is 12.7. The van der Waals surface area contributed by atoms with Gasteiger partial charge in [-0.3, -0.25) is 14.2 Å². The van der Waals surface area contributed by atoms with Gasteiger partial charge in [0.1, 0.15) is 11.4 Å². The molecule has 2 aromatic rings. The summed E-state index contributed by atoms with van der Waals surface area (Å²) in [5.41, 5.74) is -0.164. The molecule has 1 aliphatic rings. The van der Waals surface area contributed by atoms with Crippen LogP contribution in [0.4, 0.5) is 0 Å². The van der Waals surface area contributed by atoms with Gasteiger partial charge >= 0.3 is 0 Å². The van der Waals surface area contributed by atoms with E-state index in [0.29, 0.717) is 10.2 Å². The predicted octanol–water partition coefficient (Wildman–Crippen LogP) is 3.09. The van der Waals surface area contributed by atoms with Crippen molar-refractivity contribution in [1.82, 2.24) is 14.5 Å². The Morgan fingerprint density at radius 2 is 2.00 bits per heavy atom. The molecule has 0 aromatic carbocycles. The number of aryl methyl sites for hydroxylation is 1. The summed E-state index contributed by atoms with van der Waals surface area (Å²) in [4.78, 5) is 32.1. The minimum atomic E-state index is -0.164. The number of likely N-dealkylation sites (tertiary alicyclic amines) is 1. The molecule has 0 aliphatic carbocycles. The van der Waals surface area contributed by atoms with Gasteiger partial charge in [-0.1, -0.05) is 19.8 Å². The average Bonchev–Trinajstić information content (AvgIpc) is 2.77. The molecule has 1 amide bonds. The van der Waals surface area contributed by atoms with Crippen molar-refractivity contribution >= 4 is 39.7 Å². The van der Waals surface area contributed by atoms with Crippen LogP contribution in [-0.2, 0) is 17.8 Å². The minimum Gasteiger partial charge on any atom is -0.341 e. The third-order valence-corrected chi connectivity index (χ3v) is 5.84. The largest absolute Gasteiger partial charge is 0.341 e. The van der Waals surface area contributed by atoms with Crippen molar-refractivity contribution in [2.45, 2.75) is 45.6 Å². The summed E-state index contributed by atoms with van der Waals surface area (Å²) in [6.07, 6.45) is 5.30. The highest BCUT2D eigenvalue weighted by Crippen LogP contribution is 2.21. The van der Waals surface area contributed by atoms with E-state index in [2.05, 4.69) is 11.9 Å². The van der Waals surface area contributed by atoms with Crippen LogP contribution < -0.4 is 5.56 Å². The van der Waals surface area contributed by atoms with Crippen LogP contribution >= 0.6 is 23.6 Å². The van der Waals surface area contributed by atoms with Crippen molar-refractivity contribution in [2.75, 3.05) is 13.1 Å². The van der Waals surface area contributed by atoms with E-state index in [0.717, 1.165) is 42.1 Å². The molecule has 3 rings (SSSR count). The summed E-state index contributed by atoms with van der Waals surface area (Å²) in [7, 11) is 0. The molecule has 1 N–H and O–H groups in total. The fourth-order valence-electron chi connectivity index (χ4n) is 2.97. The van der Waals surface area contributed by atoms with Crippen LogP contribution in [0.1, 0.15) is 37.5 Å². The van der Waals surface area contributed by atoms with Gasteiger partial charge in [-0.2, -0.15) is 0 Å². The quantitative estimate of drug-likeness (QED) is 0.865. The molecule has 0 bridgehead atoms. The maximum Gasteiger partial charge on any atom is 0.263 e. The Kier molecular flexibility index (Phi) is 4.96. The number of hydrogen-bond donors (Lipinski definition) is 1. The van der Waals surface area contributed by atoms with Gasteiger partial charge in [-0.15, -0.1) is 11.3 Å². The summed E-state index contributed by atoms with van der Waals surface area (Å²) in [6.45, 7) is 3.65. The van der Waals surface area contributed by atoms with E-state index in [4.69, 9.17) is 12.2 Å². The SMILES string of the molecule is CCc1cc2c(=O)n(CC(=O)N3CCCCCC3)c(=S)[nH]c2s1. The van der Waals surface area contributed by atoms with Gasteiger partial charge in [0.15, 0.2) is 4.77 Å². The normalized spacial score (nSPS) is 15.8. The fourth-order valence-corrected chi connectivity index (χ4v) is 4.27. The van der Waals surface area contributed by atoms with Crippen molar-refractivity contribution in [3.8, 4) is 0 Å². The van der Waals surface area contributed by atoms with Crippen molar-refractivity contribution < 1.29 is 4.79 Å². The second-order valence-corrected chi connectivity index (χ2v) is 7.45. The predicted molar refractivity (Wildman–Crippen MR) is 95.7 cm³/mol. The summed E-state index contributed by atoms with van der Waals surface area (Å²) in [5, 5.41) is 0.629. The Labute approximate surface area is 143 Å². The van der Waals surface area contributed by atoms with Gasteiger partial charge in [0.25, 0.3) is 5.56 Å². The molecule has 124 valence electrons. The second-order valence-electron chi connectivity index (χ2n) is 5.93. The number of carbonyl (C=O) groups is 1. The molecular formula is C16H21N3O2S2. The Balaban J connectivity index is 1.91. The smallest absolute Gasteiger partial charge is 0.263 e. The molecule has 1 saturated heterocycles. The van der Waals surface area contributed by atoms with E-state index in [1.807, 2.05) is 11.0 Å². The molecule has 7 heteroatoms. The number of fused-ring (bicyclic) bond motifs is 1. The number of carbonyl (C=O) groups excluding carboxylic acids is 1. The van der Waals surface area contributed by atoms with Gasteiger partial charge in [0, 0.05) is 18.0 Å². The monoisotopic (exact) mass is 351 g/mol. The zero-order valence-electron chi connectivity index (χ0n) is 13.3. The van der Waals surface area contributed by atoms with E-state index in [9.17, 15) is 9.59 Å². The van der Waals surface area contributed by atoms with Crippen LogP contribution in [0.5, 0.6) is 0 Å². The average molecular weight is 351 g/mol. The number of amides is 1. The molecule has 3 heterocycles. The second kappa shape index (κ2) is 6.97. The number of aromatic amines is 1. The van der Waals surface area contributed by atoms with Crippen molar-refractivity contribution in [3.05, 3.63) is 26.1 Å². The maximum absolute atomic E-state index is 12.7. The highest BCUT2D eigenvalue weighted by Gasteiger charge is 2.18. The molecule has 0 atom stereocenters. The highest BCUT2D eigenvalue weighted by molar-refractivity contribution is 7.71. The van der Waals surface area contributed by atoms with E-state index < -0.39 is 0 Å². The third kappa shape index (κ3) is 3.40. The fraction of sp³-hybridized carbons (Fsp3) is 0.562. The van der Waals surface area contributed by atoms with E-state index in [1.165, 1.54) is 17.4 Å². The van der Waals surface area contributed by atoms with Crippen LogP contribution in [0.15, 0.2) is 10.9 Å². The number of aromatic nitrogens is 2. The molecule has 1 aliphatic heterocycles. The highest BCUT2D eigenvalue weighted by atomic mass is 32.1. The van der Waals surface area contributed by atoms with Crippen LogP contribution in [-0.4, -0.2) is 33.4 Å². The van der Waals surface area contributed by atoms with Gasteiger partial charge in [-0.05, 0) is 37.5 Å². The lowest BCUT2D eigenvalue weighted by Gasteiger charge is -2.20. The zero-order valence-corrected chi connectivity index (χ0v) is 14.9. The minimum absolute atomic E-state index is 0.0150. The number of thiophene rings is 1. The molecule has 23 heavy (non-hydrogen) atoms. The third-order valence-electron chi connectivity index (χ3n) is 4.32. The number of nitrogens with one attached hydrogen (secondary N) is 1. The van der Waals surface area contributed by atoms with E-state index >= 15 is 0 Å². The molecule has 0 unspecified atom stereocenters. The first-order chi connectivity index (χ1) is 11.1. The molecule has 5 nitrogen and oxygen atoms in total. The number of rotatable bonds is 3. The van der Waals surface area contributed by atoms with Gasteiger partial charge in [0.05, 0.1) is 5.39 Å². The topological polar surface area (TPSA) is 58.1 Å². The van der Waals surface area contributed by atoms with E-state index in [1.54, 1.807) is 11.3 Å². The van der Waals surface area contributed by atoms with E-state index in [-0.39, 0.29) is 18.0 Å². The van der Waals surface area contributed by atoms with Crippen LogP contribution in [0.25, 0.3) is 10.2 Å². The van der Waals surface area contributed by atoms with Crippen molar-refractivity contribution in [2.24, 2.45) is 0 Å². The molecule has 0 spiro atoms. The first kappa shape index (κ1) is 16.4. The van der Waals surface area contributed by atoms with Crippen LogP contribution in [0, 0.1) is 4.77 Å². The molecule has 0 radical (unpaired) electrons. The first-order valence-electron chi connectivity index (χ1n) is 8.13. The lowest BCUT2D eigenvalue weighted by Crippen LogP contribution is -2.37. The number of hydrogen-bond acceptors (Lipinski definition) is 4. The lowest BCUT2D eigenvalue weighted by molar-refractivity contribution is -0.131. The summed E-state index contributed by atoms with van der Waals surface area (Å²) in [6, 6.07) is 1.90. The Hall–Kier alpha value is -1.47. The van der Waals surface area contributed by atoms with Crippen molar-refractivity contribution in [1.29, 1.82) is 0 Å². The molecule has 2 aromatic heterocycles. The number of nitrogens with zero attached hydrogens (tertiary/aromatic N) is 2. The summed E-state index contributed by atoms with van der Waals surface area (Å²) >= 11 is 6.86. The Bertz CT molecular complexity index is 826. The Morgan fingerprint density at radius 3 is 2.65 bits per heavy atom. The first-order valence-corrected chi connectivity index (χ1v) is 9.36.